The van der Waals surface area contributed by atoms with Crippen molar-refractivity contribution < 1.29 is 29.0 Å². The molecule has 0 aliphatic carbocycles. The molecule has 9 nitrogen and oxygen atoms in total. The third-order valence-electron chi connectivity index (χ3n) is 4.27. The topological polar surface area (TPSA) is 99.6 Å². The number of carbonyl (C=O) groups excluding carboxylic acids is 2. The first-order chi connectivity index (χ1) is 11.4. The van der Waals surface area contributed by atoms with Crippen LogP contribution in [0.4, 0.5) is 4.79 Å². The summed E-state index contributed by atoms with van der Waals surface area (Å²) in [6.07, 6.45) is -1.31. The maximum atomic E-state index is 12.1. The highest BCUT2D eigenvalue weighted by molar-refractivity contribution is 5.85. The SMILES string of the molecule is CN(C)C(=O)[C@@H]1C[C@@H](OC(=O)CCN2CCOCC2)CN1C(=O)O. The second kappa shape index (κ2) is 8.29. The van der Waals surface area contributed by atoms with Gasteiger partial charge in [0.05, 0.1) is 26.2 Å². The van der Waals surface area contributed by atoms with Gasteiger partial charge < -0.3 is 19.5 Å². The van der Waals surface area contributed by atoms with E-state index in [-0.39, 0.29) is 31.3 Å². The van der Waals surface area contributed by atoms with Crippen molar-refractivity contribution in [2.24, 2.45) is 0 Å². The van der Waals surface area contributed by atoms with Crippen molar-refractivity contribution in [1.29, 1.82) is 0 Å². The summed E-state index contributed by atoms with van der Waals surface area (Å²) in [5, 5.41) is 9.24. The average molecular weight is 343 g/mol. The lowest BCUT2D eigenvalue weighted by molar-refractivity contribution is -0.149. The Morgan fingerprint density at radius 1 is 1.25 bits per heavy atom. The minimum atomic E-state index is -1.18. The Bertz CT molecular complexity index is 478. The van der Waals surface area contributed by atoms with Crippen LogP contribution in [0.15, 0.2) is 0 Å². The molecule has 0 aromatic carbocycles. The quantitative estimate of drug-likeness (QED) is 0.669. The van der Waals surface area contributed by atoms with E-state index in [1.807, 2.05) is 0 Å². The standard InChI is InChI=1S/C15H25N3O6/c1-16(2)14(20)12-9-11(10-18(12)15(21)22)24-13(19)3-4-17-5-7-23-8-6-17/h11-12H,3-10H2,1-2H3,(H,21,22)/t11-,12+/m1/s1. The van der Waals surface area contributed by atoms with Crippen molar-refractivity contribution in [2.75, 3.05) is 53.5 Å². The van der Waals surface area contributed by atoms with Crippen LogP contribution in [0, 0.1) is 0 Å². The molecule has 2 aliphatic heterocycles. The first-order valence-corrected chi connectivity index (χ1v) is 8.08. The highest BCUT2D eigenvalue weighted by Gasteiger charge is 2.42. The lowest BCUT2D eigenvalue weighted by atomic mass is 10.2. The van der Waals surface area contributed by atoms with Gasteiger partial charge in [0.15, 0.2) is 0 Å². The third kappa shape index (κ3) is 4.81. The molecule has 2 atom stereocenters. The Kier molecular flexibility index (Phi) is 6.38. The number of carbonyl (C=O) groups is 3. The van der Waals surface area contributed by atoms with E-state index in [1.54, 1.807) is 14.1 Å². The molecule has 2 aliphatic rings. The van der Waals surface area contributed by atoms with E-state index in [9.17, 15) is 19.5 Å². The largest absolute Gasteiger partial charge is 0.465 e. The number of amides is 2. The summed E-state index contributed by atoms with van der Waals surface area (Å²) >= 11 is 0. The predicted octanol–water partition coefficient (Wildman–Crippen LogP) is -0.539. The van der Waals surface area contributed by atoms with Gasteiger partial charge in [-0.05, 0) is 0 Å². The molecule has 2 amide bonds. The van der Waals surface area contributed by atoms with Crippen LogP contribution in [0.3, 0.4) is 0 Å². The fourth-order valence-electron chi connectivity index (χ4n) is 2.95. The van der Waals surface area contributed by atoms with Gasteiger partial charge >= 0.3 is 12.1 Å². The molecule has 0 aromatic heterocycles. The van der Waals surface area contributed by atoms with Gasteiger partial charge in [-0.25, -0.2) is 4.79 Å². The Balaban J connectivity index is 1.82. The first kappa shape index (κ1) is 18.5. The Hall–Kier alpha value is -1.87. The maximum absolute atomic E-state index is 12.1. The molecule has 2 fully saturated rings. The van der Waals surface area contributed by atoms with Crippen LogP contribution >= 0.6 is 0 Å². The summed E-state index contributed by atoms with van der Waals surface area (Å²) < 4.78 is 10.6. The number of rotatable bonds is 5. The van der Waals surface area contributed by atoms with Crippen LogP contribution < -0.4 is 0 Å². The fourth-order valence-corrected chi connectivity index (χ4v) is 2.95. The molecule has 2 saturated heterocycles. The molecule has 9 heteroatoms. The monoisotopic (exact) mass is 343 g/mol. The summed E-state index contributed by atoms with van der Waals surface area (Å²) in [7, 11) is 3.15. The van der Waals surface area contributed by atoms with E-state index in [1.165, 1.54) is 4.90 Å². The summed E-state index contributed by atoms with van der Waals surface area (Å²) in [5.74, 6) is -0.668. The Labute approximate surface area is 141 Å². The molecular weight excluding hydrogens is 318 g/mol. The molecule has 1 N–H and O–H groups in total. The van der Waals surface area contributed by atoms with Crippen molar-refractivity contribution in [1.82, 2.24) is 14.7 Å². The summed E-state index contributed by atoms with van der Waals surface area (Å²) in [5.41, 5.74) is 0. The number of esters is 1. The highest BCUT2D eigenvalue weighted by Crippen LogP contribution is 2.22. The molecule has 0 aromatic rings. The van der Waals surface area contributed by atoms with E-state index >= 15 is 0 Å². The minimum absolute atomic E-state index is 0.0306. The number of nitrogens with zero attached hydrogens (tertiary/aromatic N) is 3. The van der Waals surface area contributed by atoms with E-state index in [4.69, 9.17) is 9.47 Å². The van der Waals surface area contributed by atoms with E-state index < -0.39 is 18.2 Å². The van der Waals surface area contributed by atoms with Crippen molar-refractivity contribution in [3.63, 3.8) is 0 Å². The molecule has 0 saturated carbocycles. The summed E-state index contributed by atoms with van der Waals surface area (Å²) in [4.78, 5) is 39.9. The molecule has 0 radical (unpaired) electrons. The number of carboxylic acid groups (broad SMARTS) is 1. The highest BCUT2D eigenvalue weighted by atomic mass is 16.5. The molecule has 136 valence electrons. The van der Waals surface area contributed by atoms with Gasteiger partial charge in [0.2, 0.25) is 5.91 Å². The normalized spacial score (nSPS) is 24.7. The molecule has 2 heterocycles. The van der Waals surface area contributed by atoms with Crippen LogP contribution in [-0.4, -0.2) is 103 Å². The molecule has 0 spiro atoms. The Morgan fingerprint density at radius 3 is 2.50 bits per heavy atom. The van der Waals surface area contributed by atoms with Gasteiger partial charge in [-0.2, -0.15) is 0 Å². The molecule has 0 bridgehead atoms. The number of ether oxygens (including phenoxy) is 2. The Morgan fingerprint density at radius 2 is 1.92 bits per heavy atom. The molecular formula is C15H25N3O6. The lowest BCUT2D eigenvalue weighted by Crippen LogP contribution is -2.44. The third-order valence-corrected chi connectivity index (χ3v) is 4.27. The predicted molar refractivity (Wildman–Crippen MR) is 83.6 cm³/mol. The van der Waals surface area contributed by atoms with Crippen LogP contribution in [0.5, 0.6) is 0 Å². The van der Waals surface area contributed by atoms with Crippen molar-refractivity contribution in [3.8, 4) is 0 Å². The van der Waals surface area contributed by atoms with Crippen LogP contribution in [-0.2, 0) is 19.1 Å². The van der Waals surface area contributed by atoms with E-state index in [2.05, 4.69) is 4.90 Å². The maximum Gasteiger partial charge on any atom is 0.408 e. The van der Waals surface area contributed by atoms with Gasteiger partial charge in [-0.1, -0.05) is 0 Å². The number of morpholine rings is 1. The van der Waals surface area contributed by atoms with Crippen LogP contribution in [0.1, 0.15) is 12.8 Å². The molecule has 2 rings (SSSR count). The lowest BCUT2D eigenvalue weighted by Gasteiger charge is -2.26. The average Bonchev–Trinajstić information content (AvgIpc) is 2.97. The molecule has 24 heavy (non-hydrogen) atoms. The van der Waals surface area contributed by atoms with E-state index in [0.29, 0.717) is 19.8 Å². The van der Waals surface area contributed by atoms with Gasteiger partial charge in [0.25, 0.3) is 0 Å². The minimum Gasteiger partial charge on any atom is -0.465 e. The van der Waals surface area contributed by atoms with Gasteiger partial charge in [0, 0.05) is 40.2 Å². The number of hydrogen-bond acceptors (Lipinski definition) is 6. The zero-order valence-electron chi connectivity index (χ0n) is 14.1. The first-order valence-electron chi connectivity index (χ1n) is 8.08. The molecule has 0 unspecified atom stereocenters. The number of likely N-dealkylation sites (N-methyl/N-ethyl adjacent to an activating group) is 1. The van der Waals surface area contributed by atoms with Crippen LogP contribution in [0.25, 0.3) is 0 Å². The van der Waals surface area contributed by atoms with Gasteiger partial charge in [-0.3, -0.25) is 19.4 Å². The second-order valence-corrected chi connectivity index (χ2v) is 6.23. The summed E-state index contributed by atoms with van der Waals surface area (Å²) in [6, 6.07) is -0.797. The van der Waals surface area contributed by atoms with Gasteiger partial charge in [0.1, 0.15) is 12.1 Å². The zero-order valence-corrected chi connectivity index (χ0v) is 14.1. The van der Waals surface area contributed by atoms with Crippen molar-refractivity contribution >= 4 is 18.0 Å². The number of likely N-dealkylation sites (tertiary alicyclic amines) is 1. The zero-order chi connectivity index (χ0) is 17.7. The summed E-state index contributed by atoms with van der Waals surface area (Å²) in [6.45, 7) is 3.55. The fraction of sp³-hybridized carbons (Fsp3) is 0.800. The smallest absolute Gasteiger partial charge is 0.408 e. The number of hydrogen-bond donors (Lipinski definition) is 1. The van der Waals surface area contributed by atoms with E-state index in [0.717, 1.165) is 18.0 Å². The van der Waals surface area contributed by atoms with Crippen LogP contribution in [0.2, 0.25) is 0 Å². The van der Waals surface area contributed by atoms with Crippen molar-refractivity contribution in [2.45, 2.75) is 25.0 Å². The van der Waals surface area contributed by atoms with Crippen molar-refractivity contribution in [3.05, 3.63) is 0 Å². The van der Waals surface area contributed by atoms with Gasteiger partial charge in [-0.15, -0.1) is 0 Å². The second-order valence-electron chi connectivity index (χ2n) is 6.23.